The van der Waals surface area contributed by atoms with E-state index in [9.17, 15) is 29.4 Å². The SMILES string of the molecule is O=C(O)CNC(=O)c1c(O)c(C(=O)Nc2cccnc2)c(O)n(CCC2CC2)c1=O. The minimum Gasteiger partial charge on any atom is -0.506 e. The zero-order valence-electron chi connectivity index (χ0n) is 15.8. The molecule has 158 valence electrons. The van der Waals surface area contributed by atoms with E-state index in [0.717, 1.165) is 17.4 Å². The Morgan fingerprint density at radius 3 is 2.50 bits per heavy atom. The molecule has 2 aromatic rings. The fraction of sp³-hybridized carbons (Fsp3) is 0.316. The van der Waals surface area contributed by atoms with Crippen molar-refractivity contribution >= 4 is 23.5 Å². The topological polar surface area (TPSA) is 171 Å². The molecule has 0 bridgehead atoms. The molecule has 0 spiro atoms. The highest BCUT2D eigenvalue weighted by Crippen LogP contribution is 2.34. The number of hydrogen-bond acceptors (Lipinski definition) is 7. The second kappa shape index (κ2) is 8.64. The molecule has 1 aliphatic rings. The van der Waals surface area contributed by atoms with Gasteiger partial charge in [0.05, 0.1) is 11.9 Å². The van der Waals surface area contributed by atoms with Crippen LogP contribution in [0.15, 0.2) is 29.3 Å². The summed E-state index contributed by atoms with van der Waals surface area (Å²) in [6.45, 7) is -0.764. The highest BCUT2D eigenvalue weighted by Gasteiger charge is 2.31. The molecule has 1 aliphatic carbocycles. The lowest BCUT2D eigenvalue weighted by molar-refractivity contribution is -0.135. The molecule has 5 N–H and O–H groups in total. The summed E-state index contributed by atoms with van der Waals surface area (Å²) in [5, 5.41) is 34.2. The van der Waals surface area contributed by atoms with Crippen molar-refractivity contribution in [3.05, 3.63) is 46.0 Å². The average molecular weight is 416 g/mol. The summed E-state index contributed by atoms with van der Waals surface area (Å²) < 4.78 is 0.839. The standard InChI is InChI=1S/C19H20N4O7/c24-12(25)9-21-16(27)13-15(26)14(17(28)22-11-2-1-6-20-8-11)19(30)23(18(13)29)7-5-10-3-4-10/h1-2,6,8,10,26,30H,3-5,7,9H2,(H,21,27)(H,22,28)(H,24,25). The Morgan fingerprint density at radius 2 is 1.90 bits per heavy atom. The van der Waals surface area contributed by atoms with Crippen LogP contribution in [0.5, 0.6) is 11.6 Å². The number of carbonyl (C=O) groups is 3. The van der Waals surface area contributed by atoms with Crippen LogP contribution >= 0.6 is 0 Å². The summed E-state index contributed by atoms with van der Waals surface area (Å²) in [5.74, 6) is -4.94. The summed E-state index contributed by atoms with van der Waals surface area (Å²) in [4.78, 5) is 52.4. The first-order valence-corrected chi connectivity index (χ1v) is 9.19. The Labute approximate surface area is 170 Å². The minimum atomic E-state index is -1.36. The Bertz CT molecular complexity index is 1050. The Kier molecular flexibility index (Phi) is 6.00. The highest BCUT2D eigenvalue weighted by molar-refractivity contribution is 6.10. The van der Waals surface area contributed by atoms with Crippen molar-refractivity contribution in [3.8, 4) is 11.6 Å². The number of rotatable bonds is 8. The molecule has 11 nitrogen and oxygen atoms in total. The molecular weight excluding hydrogens is 396 g/mol. The number of aromatic nitrogens is 2. The third kappa shape index (κ3) is 4.57. The number of nitrogens with one attached hydrogen (secondary N) is 2. The zero-order valence-corrected chi connectivity index (χ0v) is 15.8. The van der Waals surface area contributed by atoms with Gasteiger partial charge in [0.1, 0.15) is 17.7 Å². The molecule has 0 radical (unpaired) electrons. The van der Waals surface area contributed by atoms with Crippen LogP contribution in [0, 0.1) is 5.92 Å². The van der Waals surface area contributed by atoms with Crippen molar-refractivity contribution in [3.63, 3.8) is 0 Å². The van der Waals surface area contributed by atoms with Gasteiger partial charge in [0.15, 0.2) is 5.75 Å². The normalized spacial score (nSPS) is 12.9. The second-order valence-corrected chi connectivity index (χ2v) is 6.88. The first-order valence-electron chi connectivity index (χ1n) is 9.19. The molecule has 0 saturated heterocycles. The molecule has 3 rings (SSSR count). The summed E-state index contributed by atoms with van der Waals surface area (Å²) in [6, 6.07) is 3.07. The van der Waals surface area contributed by atoms with Gasteiger partial charge >= 0.3 is 5.97 Å². The number of carboxylic acids is 1. The van der Waals surface area contributed by atoms with Gasteiger partial charge in [-0.05, 0) is 24.5 Å². The number of anilines is 1. The van der Waals surface area contributed by atoms with Crippen LogP contribution in [-0.2, 0) is 11.3 Å². The molecule has 30 heavy (non-hydrogen) atoms. The van der Waals surface area contributed by atoms with Crippen molar-refractivity contribution in [2.45, 2.75) is 25.8 Å². The molecule has 1 fully saturated rings. The number of aliphatic carboxylic acids is 1. The van der Waals surface area contributed by atoms with Gasteiger partial charge in [0.25, 0.3) is 17.4 Å². The van der Waals surface area contributed by atoms with Gasteiger partial charge in [-0.25, -0.2) is 0 Å². The Hall–Kier alpha value is -3.89. The molecule has 1 saturated carbocycles. The van der Waals surface area contributed by atoms with E-state index < -0.39 is 52.6 Å². The Morgan fingerprint density at radius 1 is 1.17 bits per heavy atom. The number of pyridine rings is 2. The molecule has 2 aromatic heterocycles. The van der Waals surface area contributed by atoms with Gasteiger partial charge in [-0.2, -0.15) is 0 Å². The van der Waals surface area contributed by atoms with E-state index in [4.69, 9.17) is 5.11 Å². The van der Waals surface area contributed by atoms with Gasteiger partial charge in [-0.3, -0.25) is 28.7 Å². The lowest BCUT2D eigenvalue weighted by atomic mass is 10.1. The van der Waals surface area contributed by atoms with Crippen LogP contribution in [-0.4, -0.2) is 49.2 Å². The van der Waals surface area contributed by atoms with E-state index in [1.54, 1.807) is 6.07 Å². The molecule has 0 unspecified atom stereocenters. The molecule has 0 aliphatic heterocycles. The van der Waals surface area contributed by atoms with Crippen molar-refractivity contribution in [2.24, 2.45) is 5.92 Å². The van der Waals surface area contributed by atoms with Crippen LogP contribution in [0.4, 0.5) is 5.69 Å². The number of hydrogen-bond donors (Lipinski definition) is 5. The second-order valence-electron chi connectivity index (χ2n) is 6.88. The van der Waals surface area contributed by atoms with Crippen molar-refractivity contribution in [1.29, 1.82) is 0 Å². The fourth-order valence-electron chi connectivity index (χ4n) is 2.91. The number of carboxylic acid groups (broad SMARTS) is 1. The van der Waals surface area contributed by atoms with Crippen LogP contribution in [0.3, 0.4) is 0 Å². The Balaban J connectivity index is 2.04. The summed E-state index contributed by atoms with van der Waals surface area (Å²) in [5.41, 5.74) is -2.25. The largest absolute Gasteiger partial charge is 0.506 e. The summed E-state index contributed by atoms with van der Waals surface area (Å²) >= 11 is 0. The van der Waals surface area contributed by atoms with Gasteiger partial charge in [0.2, 0.25) is 5.88 Å². The van der Waals surface area contributed by atoms with Gasteiger partial charge in [-0.15, -0.1) is 0 Å². The monoisotopic (exact) mass is 416 g/mol. The number of aromatic hydroxyl groups is 2. The number of amides is 2. The predicted octanol–water partition coefficient (Wildman–Crippen LogP) is 0.521. The van der Waals surface area contributed by atoms with E-state index in [2.05, 4.69) is 10.3 Å². The average Bonchev–Trinajstić information content (AvgIpc) is 3.51. The third-order valence-corrected chi connectivity index (χ3v) is 4.64. The molecule has 2 heterocycles. The molecule has 0 atom stereocenters. The van der Waals surface area contributed by atoms with E-state index in [-0.39, 0.29) is 12.2 Å². The van der Waals surface area contributed by atoms with Gasteiger partial charge in [-0.1, -0.05) is 12.8 Å². The molecule has 11 heteroatoms. The van der Waals surface area contributed by atoms with Crippen molar-refractivity contribution in [1.82, 2.24) is 14.9 Å². The maximum atomic E-state index is 12.8. The quantitative estimate of drug-likeness (QED) is 0.414. The summed E-state index contributed by atoms with van der Waals surface area (Å²) in [6.07, 6.45) is 5.31. The summed E-state index contributed by atoms with van der Waals surface area (Å²) in [7, 11) is 0. The first kappa shape index (κ1) is 20.8. The van der Waals surface area contributed by atoms with Crippen LogP contribution in [0.25, 0.3) is 0 Å². The highest BCUT2D eigenvalue weighted by atomic mass is 16.4. The van der Waals surface area contributed by atoms with E-state index in [1.165, 1.54) is 18.5 Å². The molecular formula is C19H20N4O7. The van der Waals surface area contributed by atoms with E-state index >= 15 is 0 Å². The van der Waals surface area contributed by atoms with Crippen molar-refractivity contribution in [2.75, 3.05) is 11.9 Å². The van der Waals surface area contributed by atoms with E-state index in [0.29, 0.717) is 12.3 Å². The molecule has 0 aromatic carbocycles. The first-order chi connectivity index (χ1) is 14.3. The van der Waals surface area contributed by atoms with Crippen molar-refractivity contribution < 1.29 is 29.7 Å². The predicted molar refractivity (Wildman–Crippen MR) is 104 cm³/mol. The smallest absolute Gasteiger partial charge is 0.322 e. The van der Waals surface area contributed by atoms with Crippen LogP contribution < -0.4 is 16.2 Å². The lowest BCUT2D eigenvalue weighted by Gasteiger charge is -2.16. The van der Waals surface area contributed by atoms with Gasteiger partial charge in [0, 0.05) is 12.7 Å². The van der Waals surface area contributed by atoms with Crippen LogP contribution in [0.2, 0.25) is 0 Å². The van der Waals surface area contributed by atoms with Crippen LogP contribution in [0.1, 0.15) is 40.0 Å². The fourth-order valence-corrected chi connectivity index (χ4v) is 2.91. The number of carbonyl (C=O) groups excluding carboxylic acids is 2. The minimum absolute atomic E-state index is 0.0298. The zero-order chi connectivity index (χ0) is 21.8. The maximum Gasteiger partial charge on any atom is 0.322 e. The lowest BCUT2D eigenvalue weighted by Crippen LogP contribution is -2.37. The maximum absolute atomic E-state index is 12.8. The number of nitrogens with zero attached hydrogens (tertiary/aromatic N) is 2. The molecule has 2 amide bonds. The third-order valence-electron chi connectivity index (χ3n) is 4.64. The van der Waals surface area contributed by atoms with E-state index in [1.807, 2.05) is 5.32 Å². The van der Waals surface area contributed by atoms with Gasteiger partial charge < -0.3 is 26.0 Å².